The van der Waals surface area contributed by atoms with E-state index >= 15 is 0 Å². The Morgan fingerprint density at radius 3 is 2.44 bits per heavy atom. The van der Waals surface area contributed by atoms with Crippen LogP contribution < -0.4 is 5.32 Å². The molecule has 0 atom stereocenters. The van der Waals surface area contributed by atoms with Crippen LogP contribution in [-0.4, -0.2) is 11.0 Å². The molecule has 1 N–H and O–H groups in total. The molecule has 1 aromatic heterocycles. The molecule has 3 heteroatoms. The number of hydrogen-bond donors (Lipinski definition) is 1. The van der Waals surface area contributed by atoms with Crippen LogP contribution in [0.5, 0.6) is 0 Å². The molecule has 0 amide bonds. The predicted octanol–water partition coefficient (Wildman–Crippen LogP) is 3.57. The largest absolute Gasteiger partial charge is 0.309 e. The summed E-state index contributed by atoms with van der Waals surface area (Å²) in [7, 11) is 0. The van der Waals surface area contributed by atoms with E-state index in [1.165, 1.54) is 54.1 Å². The molecule has 1 saturated carbocycles. The van der Waals surface area contributed by atoms with Crippen LogP contribution >= 0.6 is 11.3 Å². The van der Waals surface area contributed by atoms with Gasteiger partial charge in [-0.25, -0.2) is 4.98 Å². The van der Waals surface area contributed by atoms with Gasteiger partial charge in [0.1, 0.15) is 0 Å². The first kappa shape index (κ1) is 12.1. The maximum absolute atomic E-state index is 4.47. The number of rotatable bonds is 3. The third kappa shape index (κ3) is 3.29. The minimum Gasteiger partial charge on any atom is -0.309 e. The minimum absolute atomic E-state index is 0.740. The van der Waals surface area contributed by atoms with E-state index in [1.807, 2.05) is 11.3 Å². The Hall–Kier alpha value is -0.410. The van der Waals surface area contributed by atoms with E-state index in [-0.39, 0.29) is 0 Å². The maximum atomic E-state index is 4.47. The third-order valence-electron chi connectivity index (χ3n) is 3.41. The van der Waals surface area contributed by atoms with Gasteiger partial charge in [0, 0.05) is 17.5 Å². The first-order valence-corrected chi connectivity index (χ1v) is 7.23. The Kier molecular flexibility index (Phi) is 4.36. The van der Waals surface area contributed by atoms with Crippen LogP contribution in [0.15, 0.2) is 0 Å². The molecular weight excluding hydrogens is 216 g/mol. The molecule has 90 valence electrons. The van der Waals surface area contributed by atoms with Crippen LogP contribution in [0.1, 0.15) is 54.1 Å². The minimum atomic E-state index is 0.740. The zero-order valence-electron chi connectivity index (χ0n) is 10.4. The van der Waals surface area contributed by atoms with E-state index in [4.69, 9.17) is 0 Å². The first-order chi connectivity index (χ1) is 7.75. The van der Waals surface area contributed by atoms with E-state index in [0.29, 0.717) is 0 Å². The van der Waals surface area contributed by atoms with Crippen LogP contribution in [0, 0.1) is 13.8 Å². The Morgan fingerprint density at radius 1 is 1.19 bits per heavy atom. The summed E-state index contributed by atoms with van der Waals surface area (Å²) in [5.41, 5.74) is 1.21. The lowest BCUT2D eigenvalue weighted by atomic mass is 10.1. The Morgan fingerprint density at radius 2 is 1.88 bits per heavy atom. The van der Waals surface area contributed by atoms with Crippen LogP contribution in [0.4, 0.5) is 0 Å². The summed E-state index contributed by atoms with van der Waals surface area (Å²) in [6.07, 6.45) is 8.37. The summed E-state index contributed by atoms with van der Waals surface area (Å²) in [4.78, 5) is 5.89. The van der Waals surface area contributed by atoms with Crippen molar-refractivity contribution in [1.29, 1.82) is 0 Å². The normalized spacial score (nSPS) is 18.6. The molecule has 0 unspecified atom stereocenters. The average molecular weight is 238 g/mol. The van der Waals surface area contributed by atoms with Gasteiger partial charge in [0.25, 0.3) is 0 Å². The fourth-order valence-corrected chi connectivity index (χ4v) is 3.35. The quantitative estimate of drug-likeness (QED) is 0.814. The van der Waals surface area contributed by atoms with Gasteiger partial charge in [0.15, 0.2) is 0 Å². The molecule has 0 aliphatic heterocycles. The van der Waals surface area contributed by atoms with Crippen molar-refractivity contribution >= 4 is 11.3 Å². The lowest BCUT2D eigenvalue weighted by Gasteiger charge is -2.15. The van der Waals surface area contributed by atoms with Gasteiger partial charge in [-0.15, -0.1) is 11.3 Å². The van der Waals surface area contributed by atoms with E-state index in [2.05, 4.69) is 24.1 Å². The van der Waals surface area contributed by atoms with Gasteiger partial charge in [-0.05, 0) is 26.7 Å². The van der Waals surface area contributed by atoms with Crippen LogP contribution in [0.2, 0.25) is 0 Å². The lowest BCUT2D eigenvalue weighted by Crippen LogP contribution is -2.27. The molecular formula is C13H22N2S. The number of aromatic nitrogens is 1. The number of nitrogens with zero attached hydrogens (tertiary/aromatic N) is 1. The Bertz CT molecular complexity index is 325. The fourth-order valence-electron chi connectivity index (χ4n) is 2.46. The summed E-state index contributed by atoms with van der Waals surface area (Å²) < 4.78 is 0. The van der Waals surface area contributed by atoms with Crippen molar-refractivity contribution in [2.24, 2.45) is 0 Å². The van der Waals surface area contributed by atoms with Crippen molar-refractivity contribution in [1.82, 2.24) is 10.3 Å². The molecule has 0 spiro atoms. The molecule has 1 fully saturated rings. The second kappa shape index (κ2) is 5.78. The highest BCUT2D eigenvalue weighted by molar-refractivity contribution is 7.11. The lowest BCUT2D eigenvalue weighted by molar-refractivity contribution is 0.460. The van der Waals surface area contributed by atoms with E-state index in [9.17, 15) is 0 Å². The molecule has 1 heterocycles. The van der Waals surface area contributed by atoms with Crippen molar-refractivity contribution in [3.8, 4) is 0 Å². The second-order valence-corrected chi connectivity index (χ2v) is 6.10. The Labute approximate surface area is 102 Å². The molecule has 0 aromatic carbocycles. The van der Waals surface area contributed by atoms with Gasteiger partial charge < -0.3 is 5.32 Å². The van der Waals surface area contributed by atoms with Gasteiger partial charge in [-0.3, -0.25) is 0 Å². The Balaban J connectivity index is 1.84. The number of thiazole rings is 1. The van der Waals surface area contributed by atoms with Crippen molar-refractivity contribution in [3.63, 3.8) is 0 Å². The SMILES string of the molecule is Cc1nc(C)c(CNC2CCCCCC2)s1. The highest BCUT2D eigenvalue weighted by Gasteiger charge is 2.12. The van der Waals surface area contributed by atoms with Crippen LogP contribution in [0.3, 0.4) is 0 Å². The van der Waals surface area contributed by atoms with Crippen LogP contribution in [-0.2, 0) is 6.54 Å². The fraction of sp³-hybridized carbons (Fsp3) is 0.769. The van der Waals surface area contributed by atoms with E-state index in [1.54, 1.807) is 0 Å². The molecule has 2 nitrogen and oxygen atoms in total. The summed E-state index contributed by atoms with van der Waals surface area (Å²) in [6, 6.07) is 0.740. The molecule has 1 aromatic rings. The van der Waals surface area contributed by atoms with Gasteiger partial charge in [0.05, 0.1) is 10.7 Å². The van der Waals surface area contributed by atoms with Gasteiger partial charge in [-0.1, -0.05) is 25.7 Å². The van der Waals surface area contributed by atoms with Crippen molar-refractivity contribution in [2.75, 3.05) is 0 Å². The number of aryl methyl sites for hydroxylation is 2. The standard InChI is InChI=1S/C13H22N2S/c1-10-13(16-11(2)15-10)9-14-12-7-5-3-4-6-8-12/h12,14H,3-9H2,1-2H3. The van der Waals surface area contributed by atoms with Crippen molar-refractivity contribution in [2.45, 2.75) is 65.0 Å². The molecule has 0 saturated heterocycles. The predicted molar refractivity (Wildman–Crippen MR) is 69.9 cm³/mol. The molecule has 16 heavy (non-hydrogen) atoms. The maximum Gasteiger partial charge on any atom is 0.0900 e. The zero-order chi connectivity index (χ0) is 11.4. The molecule has 1 aliphatic carbocycles. The topological polar surface area (TPSA) is 24.9 Å². The highest BCUT2D eigenvalue weighted by Crippen LogP contribution is 2.20. The highest BCUT2D eigenvalue weighted by atomic mass is 32.1. The van der Waals surface area contributed by atoms with E-state index < -0.39 is 0 Å². The smallest absolute Gasteiger partial charge is 0.0900 e. The third-order valence-corrected chi connectivity index (χ3v) is 4.48. The summed E-state index contributed by atoms with van der Waals surface area (Å²) in [5.74, 6) is 0. The second-order valence-electron chi connectivity index (χ2n) is 4.81. The summed E-state index contributed by atoms with van der Waals surface area (Å²) >= 11 is 1.83. The van der Waals surface area contributed by atoms with E-state index in [0.717, 1.165) is 12.6 Å². The molecule has 0 bridgehead atoms. The monoisotopic (exact) mass is 238 g/mol. The number of nitrogens with one attached hydrogen (secondary N) is 1. The molecule has 2 rings (SSSR count). The van der Waals surface area contributed by atoms with Gasteiger partial charge in [-0.2, -0.15) is 0 Å². The number of hydrogen-bond acceptors (Lipinski definition) is 3. The van der Waals surface area contributed by atoms with Crippen molar-refractivity contribution in [3.05, 3.63) is 15.6 Å². The first-order valence-electron chi connectivity index (χ1n) is 6.42. The van der Waals surface area contributed by atoms with Crippen LogP contribution in [0.25, 0.3) is 0 Å². The zero-order valence-corrected chi connectivity index (χ0v) is 11.2. The summed E-state index contributed by atoms with van der Waals surface area (Å²) in [6.45, 7) is 5.22. The average Bonchev–Trinajstić information content (AvgIpc) is 2.48. The summed E-state index contributed by atoms with van der Waals surface area (Å²) in [5, 5.41) is 4.89. The van der Waals surface area contributed by atoms with Gasteiger partial charge >= 0.3 is 0 Å². The van der Waals surface area contributed by atoms with Gasteiger partial charge in [0.2, 0.25) is 0 Å². The molecule has 1 aliphatic rings. The molecule has 0 radical (unpaired) electrons. The van der Waals surface area contributed by atoms with Crippen molar-refractivity contribution < 1.29 is 0 Å².